The molecule has 4 rings (SSSR count). The summed E-state index contributed by atoms with van der Waals surface area (Å²) in [6.07, 6.45) is 7.50. The lowest BCUT2D eigenvalue weighted by molar-refractivity contribution is -0.836. The predicted molar refractivity (Wildman–Crippen MR) is 114 cm³/mol. The molecule has 3 aliphatic rings. The molecule has 2 spiro atoms. The Kier molecular flexibility index (Phi) is 5.70. The summed E-state index contributed by atoms with van der Waals surface area (Å²) in [4.78, 5) is 15.1. The van der Waals surface area contributed by atoms with Gasteiger partial charge in [-0.3, -0.25) is 4.79 Å². The van der Waals surface area contributed by atoms with Crippen LogP contribution in [0.4, 0.5) is 0 Å². The summed E-state index contributed by atoms with van der Waals surface area (Å²) in [5.74, 6) is -0.119. The van der Waals surface area contributed by atoms with Crippen LogP contribution in [0.3, 0.4) is 0 Å². The quantitative estimate of drug-likeness (QED) is 0.563. The number of hydrogen-bond donors (Lipinski definition) is 1. The highest BCUT2D eigenvalue weighted by Crippen LogP contribution is 2.52. The van der Waals surface area contributed by atoms with Crippen molar-refractivity contribution in [2.24, 2.45) is 0 Å². The van der Waals surface area contributed by atoms with Gasteiger partial charge in [0.1, 0.15) is 12.6 Å². The molecule has 3 heterocycles. The number of likely N-dealkylation sites (tertiary alicyclic amines) is 1. The Morgan fingerprint density at radius 1 is 1.17 bits per heavy atom. The molecule has 8 heteroatoms. The first kappa shape index (κ1) is 21.1. The van der Waals surface area contributed by atoms with E-state index in [0.29, 0.717) is 17.0 Å². The lowest BCUT2D eigenvalue weighted by atomic mass is 9.94. The van der Waals surface area contributed by atoms with E-state index in [-0.39, 0.29) is 5.91 Å². The van der Waals surface area contributed by atoms with Gasteiger partial charge in [-0.05, 0) is 43.4 Å². The van der Waals surface area contributed by atoms with E-state index in [1.807, 2.05) is 17.0 Å². The van der Waals surface area contributed by atoms with E-state index in [1.165, 1.54) is 43.4 Å². The molecular formula is C21H31ClN3O3S+. The van der Waals surface area contributed by atoms with E-state index in [1.54, 1.807) is 12.1 Å². The zero-order chi connectivity index (χ0) is 20.7. The number of sulfonamides is 1. The molecule has 160 valence electrons. The summed E-state index contributed by atoms with van der Waals surface area (Å²) >= 11 is 5.94. The summed E-state index contributed by atoms with van der Waals surface area (Å²) in [5.41, 5.74) is 1.27. The highest BCUT2D eigenvalue weighted by molar-refractivity contribution is 7.88. The summed E-state index contributed by atoms with van der Waals surface area (Å²) in [5, 5.41) is 0.619. The molecule has 0 aromatic heterocycles. The van der Waals surface area contributed by atoms with Crippen LogP contribution in [0.25, 0.3) is 0 Å². The van der Waals surface area contributed by atoms with E-state index in [2.05, 4.69) is 4.72 Å². The highest BCUT2D eigenvalue weighted by Gasteiger charge is 2.69. The number of benzene rings is 1. The number of carbonyl (C=O) groups is 1. The van der Waals surface area contributed by atoms with Crippen LogP contribution in [-0.2, 0) is 21.2 Å². The first-order chi connectivity index (χ1) is 13.7. The molecule has 29 heavy (non-hydrogen) atoms. The Morgan fingerprint density at radius 3 is 2.38 bits per heavy atom. The lowest BCUT2D eigenvalue weighted by Crippen LogP contribution is -2.54. The average Bonchev–Trinajstić information content (AvgIpc) is 3.26. The third kappa shape index (κ3) is 4.48. The molecule has 0 aliphatic carbocycles. The van der Waals surface area contributed by atoms with E-state index >= 15 is 0 Å². The molecule has 1 unspecified atom stereocenters. The maximum atomic E-state index is 13.2. The van der Waals surface area contributed by atoms with E-state index < -0.39 is 16.1 Å². The van der Waals surface area contributed by atoms with Gasteiger partial charge in [-0.1, -0.05) is 23.7 Å². The fraction of sp³-hybridized carbons (Fsp3) is 0.667. The second-order valence-corrected chi connectivity index (χ2v) is 11.4. The molecule has 3 saturated heterocycles. The van der Waals surface area contributed by atoms with Gasteiger partial charge in [0.25, 0.3) is 0 Å². The van der Waals surface area contributed by atoms with Gasteiger partial charge in [0.05, 0.1) is 19.3 Å². The number of halogens is 1. The molecule has 1 aromatic rings. The molecular weight excluding hydrogens is 410 g/mol. The summed E-state index contributed by atoms with van der Waals surface area (Å²) < 4.78 is 27.6. The Labute approximate surface area is 178 Å². The zero-order valence-electron chi connectivity index (χ0n) is 17.1. The SMILES string of the molecule is CS(=O)(=O)NC(Cc1ccc(Cl)cc1)C(=O)N1CCC2(CC1)C[N+]21CCCCC1. The third-order valence-corrected chi connectivity index (χ3v) is 8.15. The fourth-order valence-corrected chi connectivity index (χ4v) is 6.40. The molecule has 6 nitrogen and oxygen atoms in total. The molecule has 0 radical (unpaired) electrons. The van der Waals surface area contributed by atoms with Crippen LogP contribution < -0.4 is 4.72 Å². The van der Waals surface area contributed by atoms with Crippen molar-refractivity contribution in [3.05, 3.63) is 34.9 Å². The minimum atomic E-state index is -3.49. The molecule has 3 fully saturated rings. The van der Waals surface area contributed by atoms with E-state index in [9.17, 15) is 13.2 Å². The number of hydrogen-bond acceptors (Lipinski definition) is 3. The Hall–Kier alpha value is -1.15. The number of nitrogens with zero attached hydrogens (tertiary/aromatic N) is 2. The second kappa shape index (κ2) is 7.84. The monoisotopic (exact) mass is 440 g/mol. The van der Waals surface area contributed by atoms with E-state index in [4.69, 9.17) is 11.6 Å². The van der Waals surface area contributed by atoms with Crippen LogP contribution in [0.1, 0.15) is 37.7 Å². The normalized spacial score (nSPS) is 23.9. The van der Waals surface area contributed by atoms with Gasteiger partial charge in [-0.2, -0.15) is 0 Å². The Bertz CT molecular complexity index is 858. The van der Waals surface area contributed by atoms with Crippen molar-refractivity contribution in [2.75, 3.05) is 39.0 Å². The number of piperidine rings is 2. The minimum absolute atomic E-state index is 0.119. The average molecular weight is 441 g/mol. The topological polar surface area (TPSA) is 66.5 Å². The van der Waals surface area contributed by atoms with Crippen LogP contribution in [-0.4, -0.2) is 74.3 Å². The molecule has 1 N–H and O–H groups in total. The van der Waals surface area contributed by atoms with Crippen molar-refractivity contribution >= 4 is 27.5 Å². The van der Waals surface area contributed by atoms with Crippen molar-refractivity contribution < 1.29 is 17.7 Å². The van der Waals surface area contributed by atoms with Gasteiger partial charge in [0.2, 0.25) is 15.9 Å². The second-order valence-electron chi connectivity index (χ2n) is 9.13. The molecule has 0 saturated carbocycles. The molecule has 1 amide bonds. The van der Waals surface area contributed by atoms with Gasteiger partial charge < -0.3 is 9.38 Å². The van der Waals surface area contributed by atoms with Gasteiger partial charge >= 0.3 is 0 Å². The van der Waals surface area contributed by atoms with Crippen LogP contribution in [0.5, 0.6) is 0 Å². The van der Waals surface area contributed by atoms with E-state index in [0.717, 1.165) is 37.8 Å². The Morgan fingerprint density at radius 2 is 1.79 bits per heavy atom. The van der Waals surface area contributed by atoms with Crippen LogP contribution in [0, 0.1) is 0 Å². The number of carbonyl (C=O) groups excluding carboxylic acids is 1. The largest absolute Gasteiger partial charge is 0.341 e. The van der Waals surface area contributed by atoms with Crippen LogP contribution in [0.2, 0.25) is 5.02 Å². The summed E-state index contributed by atoms with van der Waals surface area (Å²) in [6, 6.07) is 6.42. The summed E-state index contributed by atoms with van der Waals surface area (Å²) in [6.45, 7) is 5.30. The first-order valence-corrected chi connectivity index (χ1v) is 12.9. The maximum Gasteiger partial charge on any atom is 0.241 e. The molecule has 1 atom stereocenters. The number of fused-ring (bicyclic) bond motifs is 1. The predicted octanol–water partition coefficient (Wildman–Crippen LogP) is 2.18. The molecule has 0 bridgehead atoms. The zero-order valence-corrected chi connectivity index (χ0v) is 18.6. The van der Waals surface area contributed by atoms with Crippen molar-refractivity contribution in [1.29, 1.82) is 0 Å². The van der Waals surface area contributed by atoms with Crippen molar-refractivity contribution in [3.8, 4) is 0 Å². The lowest BCUT2D eigenvalue weighted by Gasteiger charge is -2.37. The van der Waals surface area contributed by atoms with Gasteiger partial charge in [0, 0.05) is 31.0 Å². The third-order valence-electron chi connectivity index (χ3n) is 7.19. The van der Waals surface area contributed by atoms with Crippen LogP contribution in [0.15, 0.2) is 24.3 Å². The Balaban J connectivity index is 1.42. The maximum absolute atomic E-state index is 13.2. The highest BCUT2D eigenvalue weighted by atomic mass is 35.5. The minimum Gasteiger partial charge on any atom is -0.341 e. The standard InChI is InChI=1S/C21H31ClN3O3S/c1-29(27,28)23-19(15-17-5-7-18(22)8-6-17)20(26)24-11-9-21(10-12-24)16-25(21)13-3-2-4-14-25/h5-8,19,23H,2-4,9-16H2,1H3/q+1. The van der Waals surface area contributed by atoms with Crippen molar-refractivity contribution in [3.63, 3.8) is 0 Å². The number of amides is 1. The van der Waals surface area contributed by atoms with Gasteiger partial charge in [-0.25, -0.2) is 13.1 Å². The van der Waals surface area contributed by atoms with Crippen LogP contribution >= 0.6 is 11.6 Å². The summed E-state index contributed by atoms with van der Waals surface area (Å²) in [7, 11) is -3.49. The first-order valence-electron chi connectivity index (χ1n) is 10.6. The number of quaternary nitrogens is 1. The van der Waals surface area contributed by atoms with Gasteiger partial charge in [0.15, 0.2) is 5.54 Å². The van der Waals surface area contributed by atoms with Crippen molar-refractivity contribution in [1.82, 2.24) is 9.62 Å². The van der Waals surface area contributed by atoms with Gasteiger partial charge in [-0.15, -0.1) is 0 Å². The number of nitrogens with one attached hydrogen (secondary N) is 1. The van der Waals surface area contributed by atoms with Crippen molar-refractivity contribution in [2.45, 2.75) is 50.1 Å². The smallest absolute Gasteiger partial charge is 0.241 e. The number of rotatable bonds is 5. The fourth-order valence-electron chi connectivity index (χ4n) is 5.57. The molecule has 1 aromatic carbocycles. The molecule has 3 aliphatic heterocycles.